The van der Waals surface area contributed by atoms with Gasteiger partial charge in [0.1, 0.15) is 5.97 Å². The zero-order chi connectivity index (χ0) is 6.41. The third kappa shape index (κ3) is 7.86. The molecule has 0 aliphatic heterocycles. The van der Waals surface area contributed by atoms with Gasteiger partial charge in [-0.15, -0.1) is 0 Å². The molecule has 4 heteroatoms. The first-order chi connectivity index (χ1) is 3.81. The standard InChI is InChI=1S/C5H7O3.W/c1-3-5(6)8-4-7-2;/h1,4H2,2H3;/q-1;. The van der Waals surface area contributed by atoms with Gasteiger partial charge in [-0.1, -0.05) is 0 Å². The van der Waals surface area contributed by atoms with Gasteiger partial charge in [-0.25, -0.2) is 0 Å². The van der Waals surface area contributed by atoms with Crippen molar-refractivity contribution in [3.05, 3.63) is 12.7 Å². The summed E-state index contributed by atoms with van der Waals surface area (Å²) in [5.74, 6) is -0.591. The van der Waals surface area contributed by atoms with Gasteiger partial charge in [-0.3, -0.25) is 11.4 Å². The summed E-state index contributed by atoms with van der Waals surface area (Å²) in [6.07, 6.45) is 2.01. The van der Waals surface area contributed by atoms with Gasteiger partial charge in [-0.05, 0) is 0 Å². The van der Waals surface area contributed by atoms with E-state index in [2.05, 4.69) is 16.1 Å². The molecule has 3 nitrogen and oxygen atoms in total. The zero-order valence-electron chi connectivity index (χ0n) is 5.05. The summed E-state index contributed by atoms with van der Waals surface area (Å²) in [5, 5.41) is 0. The van der Waals surface area contributed by atoms with Crippen molar-refractivity contribution in [2.75, 3.05) is 13.9 Å². The van der Waals surface area contributed by atoms with E-state index in [1.807, 2.05) is 6.08 Å². The van der Waals surface area contributed by atoms with Gasteiger partial charge >= 0.3 is 0 Å². The van der Waals surface area contributed by atoms with Gasteiger partial charge in [0.05, 0.1) is 0 Å². The molecule has 0 bridgehead atoms. The largest absolute Gasteiger partial charge is 0.464 e. The first kappa shape index (κ1) is 11.6. The first-order valence-electron chi connectivity index (χ1n) is 2.00. The van der Waals surface area contributed by atoms with Crippen molar-refractivity contribution in [1.29, 1.82) is 0 Å². The van der Waals surface area contributed by atoms with E-state index in [9.17, 15) is 4.79 Å². The van der Waals surface area contributed by atoms with Gasteiger partial charge < -0.3 is 15.5 Å². The van der Waals surface area contributed by atoms with Crippen molar-refractivity contribution in [1.82, 2.24) is 0 Å². The fourth-order valence-electron chi connectivity index (χ4n) is 0.163. The summed E-state index contributed by atoms with van der Waals surface area (Å²) in [7, 11) is 1.43. The van der Waals surface area contributed by atoms with Crippen LogP contribution in [0.2, 0.25) is 0 Å². The number of ether oxygens (including phenoxy) is 2. The maximum absolute atomic E-state index is 10.1. The first-order valence-corrected chi connectivity index (χ1v) is 2.00. The number of carbonyl (C=O) groups is 1. The number of methoxy groups -OCH3 is 1. The molecule has 0 N–H and O–H groups in total. The van der Waals surface area contributed by atoms with Crippen LogP contribution >= 0.6 is 0 Å². The molecule has 0 saturated heterocycles. The smallest absolute Gasteiger partial charge is 0.189 e. The summed E-state index contributed by atoms with van der Waals surface area (Å²) in [4.78, 5) is 10.1. The molecule has 52 valence electrons. The molecule has 0 aliphatic rings. The van der Waals surface area contributed by atoms with E-state index in [0.29, 0.717) is 0 Å². The second-order valence-electron chi connectivity index (χ2n) is 1.02. The quantitative estimate of drug-likeness (QED) is 0.321. The van der Waals surface area contributed by atoms with E-state index in [1.165, 1.54) is 7.11 Å². The van der Waals surface area contributed by atoms with Crippen molar-refractivity contribution < 1.29 is 35.3 Å². The Morgan fingerprint density at radius 1 is 1.78 bits per heavy atom. The molecule has 0 aliphatic carbocycles. The van der Waals surface area contributed by atoms with Gasteiger partial charge in [0.25, 0.3) is 0 Å². The number of carbonyl (C=O) groups excluding carboxylic acids is 1. The Bertz CT molecular complexity index is 92.2. The second kappa shape index (κ2) is 7.86. The van der Waals surface area contributed by atoms with Crippen molar-refractivity contribution >= 4 is 5.97 Å². The van der Waals surface area contributed by atoms with E-state index in [4.69, 9.17) is 0 Å². The monoisotopic (exact) mass is 299 g/mol. The van der Waals surface area contributed by atoms with Crippen molar-refractivity contribution in [3.8, 4) is 0 Å². The van der Waals surface area contributed by atoms with Crippen LogP contribution in [0.5, 0.6) is 0 Å². The number of hydrogen-bond acceptors (Lipinski definition) is 3. The summed E-state index contributed by atoms with van der Waals surface area (Å²) < 4.78 is 8.71. The molecule has 0 rings (SSSR count). The molecule has 0 amide bonds. The van der Waals surface area contributed by atoms with Crippen LogP contribution in [0, 0.1) is 6.08 Å². The minimum atomic E-state index is -0.591. The van der Waals surface area contributed by atoms with Gasteiger partial charge in [0.15, 0.2) is 6.79 Å². The molecule has 0 heterocycles. The molecule has 0 radical (unpaired) electrons. The van der Waals surface area contributed by atoms with Crippen LogP contribution in [0.4, 0.5) is 0 Å². The maximum Gasteiger partial charge on any atom is 0.189 e. The number of rotatable bonds is 3. The summed E-state index contributed by atoms with van der Waals surface area (Å²) >= 11 is 0. The molecule has 0 aromatic carbocycles. The van der Waals surface area contributed by atoms with Crippen LogP contribution in [0.3, 0.4) is 0 Å². The SMILES string of the molecule is C=[C-]C(=O)OCOC.[W]. The van der Waals surface area contributed by atoms with Gasteiger partial charge in [0, 0.05) is 28.2 Å². The Morgan fingerprint density at radius 3 is 2.67 bits per heavy atom. The molecule has 0 saturated carbocycles. The third-order valence-corrected chi connectivity index (χ3v) is 0.452. The Labute approximate surface area is 68.3 Å². The molecule has 0 aromatic heterocycles. The third-order valence-electron chi connectivity index (χ3n) is 0.452. The molecule has 0 aromatic rings. The average molecular weight is 299 g/mol. The zero-order valence-corrected chi connectivity index (χ0v) is 7.98. The fraction of sp³-hybridized carbons (Fsp3) is 0.400. The number of esters is 1. The minimum absolute atomic E-state index is 0. The van der Waals surface area contributed by atoms with Crippen LogP contribution in [-0.2, 0) is 35.3 Å². The van der Waals surface area contributed by atoms with Crippen molar-refractivity contribution in [2.45, 2.75) is 0 Å². The summed E-state index contributed by atoms with van der Waals surface area (Å²) in [6, 6.07) is 0. The van der Waals surface area contributed by atoms with Crippen LogP contribution in [-0.4, -0.2) is 19.9 Å². The van der Waals surface area contributed by atoms with Gasteiger partial charge in [-0.2, -0.15) is 0 Å². The van der Waals surface area contributed by atoms with Gasteiger partial charge in [0.2, 0.25) is 0 Å². The summed E-state index contributed by atoms with van der Waals surface area (Å²) in [6.45, 7) is 3.02. The molecule has 0 unspecified atom stereocenters. The molecule has 0 spiro atoms. The second-order valence-corrected chi connectivity index (χ2v) is 1.02. The molecule has 9 heavy (non-hydrogen) atoms. The van der Waals surface area contributed by atoms with Crippen LogP contribution < -0.4 is 0 Å². The fourth-order valence-corrected chi connectivity index (χ4v) is 0.163. The Morgan fingerprint density at radius 2 is 2.33 bits per heavy atom. The van der Waals surface area contributed by atoms with E-state index >= 15 is 0 Å². The Hall–Kier alpha value is -0.142. The van der Waals surface area contributed by atoms with E-state index in [1.54, 1.807) is 0 Å². The van der Waals surface area contributed by atoms with Crippen LogP contribution in [0.25, 0.3) is 0 Å². The predicted molar refractivity (Wildman–Crippen MR) is 26.8 cm³/mol. The van der Waals surface area contributed by atoms with Crippen LogP contribution in [0.1, 0.15) is 0 Å². The molecule has 0 fully saturated rings. The predicted octanol–water partition coefficient (Wildman–Crippen LogP) is 0.120. The van der Waals surface area contributed by atoms with Crippen LogP contribution in [0.15, 0.2) is 6.58 Å². The minimum Gasteiger partial charge on any atom is -0.464 e. The Balaban J connectivity index is 0. The molecule has 0 atom stereocenters. The van der Waals surface area contributed by atoms with E-state index in [-0.39, 0.29) is 27.9 Å². The van der Waals surface area contributed by atoms with E-state index < -0.39 is 5.97 Å². The average Bonchev–Trinajstić information content (AvgIpc) is 1.83. The van der Waals surface area contributed by atoms with E-state index in [0.717, 1.165) is 0 Å². The van der Waals surface area contributed by atoms with Crippen molar-refractivity contribution in [3.63, 3.8) is 0 Å². The Kier molecular flexibility index (Phi) is 10.2. The molecular weight excluding hydrogens is 292 g/mol. The maximum atomic E-state index is 10.1. The summed E-state index contributed by atoms with van der Waals surface area (Å²) in [5.41, 5.74) is 0. The topological polar surface area (TPSA) is 35.5 Å². The van der Waals surface area contributed by atoms with Crippen molar-refractivity contribution in [2.24, 2.45) is 0 Å². The number of hydrogen-bond donors (Lipinski definition) is 0. The molecular formula is C5H7O3W-. The normalized spacial score (nSPS) is 7.22.